The van der Waals surface area contributed by atoms with Crippen molar-refractivity contribution in [2.24, 2.45) is 0 Å². The van der Waals surface area contributed by atoms with Gasteiger partial charge >= 0.3 is 12.3 Å². The van der Waals surface area contributed by atoms with Gasteiger partial charge < -0.3 is 18.9 Å². The quantitative estimate of drug-likeness (QED) is 0.464. The zero-order chi connectivity index (χ0) is 13.4. The van der Waals surface area contributed by atoms with E-state index in [4.69, 9.17) is 9.47 Å². The van der Waals surface area contributed by atoms with E-state index < -0.39 is 12.3 Å². The second-order valence-corrected chi connectivity index (χ2v) is 2.75. The van der Waals surface area contributed by atoms with Gasteiger partial charge in [0.05, 0.1) is 12.5 Å². The van der Waals surface area contributed by atoms with Gasteiger partial charge in [-0.15, -0.1) is 0 Å². The Morgan fingerprint density at radius 3 is 1.78 bits per heavy atom. The summed E-state index contributed by atoms with van der Waals surface area (Å²) in [5, 5.41) is 0. The van der Waals surface area contributed by atoms with Gasteiger partial charge in [-0.1, -0.05) is 19.2 Å². The molecule has 1 rings (SSSR count). The third kappa shape index (κ3) is 4.40. The van der Waals surface area contributed by atoms with Crippen molar-refractivity contribution in [1.29, 1.82) is 0 Å². The molecule has 0 saturated heterocycles. The first-order chi connectivity index (χ1) is 8.65. The molecule has 0 bridgehead atoms. The number of hydrogen-bond donors (Lipinski definition) is 0. The second-order valence-electron chi connectivity index (χ2n) is 2.75. The van der Waals surface area contributed by atoms with E-state index >= 15 is 0 Å². The molecule has 0 saturated carbocycles. The van der Waals surface area contributed by atoms with Gasteiger partial charge in [0.15, 0.2) is 0 Å². The second kappa shape index (κ2) is 6.74. The number of carbonyl (C=O) groups excluding carboxylic acids is 2. The molecule has 1 aromatic carbocycles. The highest BCUT2D eigenvalue weighted by Crippen LogP contribution is 2.20. The maximum atomic E-state index is 11.0. The largest absolute Gasteiger partial charge is 0.518 e. The maximum Gasteiger partial charge on any atom is 0.518 e. The van der Waals surface area contributed by atoms with Gasteiger partial charge in [0.1, 0.15) is 11.5 Å². The predicted octanol–water partition coefficient (Wildman–Crippen LogP) is 3.00. The Bertz CT molecular complexity index is 426. The third-order valence-electron chi connectivity index (χ3n) is 1.57. The summed E-state index contributed by atoms with van der Waals surface area (Å²) < 4.78 is 18.2. The molecule has 18 heavy (non-hydrogen) atoms. The van der Waals surface area contributed by atoms with Gasteiger partial charge in [-0.2, -0.15) is 0 Å². The summed E-state index contributed by atoms with van der Waals surface area (Å²) in [6.45, 7) is 6.40. The van der Waals surface area contributed by atoms with Crippen LogP contribution in [-0.4, -0.2) is 12.3 Å². The molecule has 0 spiro atoms. The molecule has 0 fully saturated rings. The van der Waals surface area contributed by atoms with Crippen LogP contribution in [0.1, 0.15) is 0 Å². The molecule has 0 aromatic heterocycles. The lowest BCUT2D eigenvalue weighted by Gasteiger charge is -2.05. The molecule has 0 aliphatic rings. The Labute approximate surface area is 103 Å². The zero-order valence-electron chi connectivity index (χ0n) is 9.33. The molecule has 0 aliphatic heterocycles. The van der Waals surface area contributed by atoms with Gasteiger partial charge in [0.25, 0.3) is 0 Å². The Hall–Kier alpha value is -2.76. The lowest BCUT2D eigenvalue weighted by molar-refractivity contribution is 0.134. The highest BCUT2D eigenvalue weighted by atomic mass is 16.7. The molecule has 1 aromatic rings. The van der Waals surface area contributed by atoms with Gasteiger partial charge in [-0.3, -0.25) is 0 Å². The van der Waals surface area contributed by atoms with Crippen molar-refractivity contribution in [3.63, 3.8) is 0 Å². The lowest BCUT2D eigenvalue weighted by Crippen LogP contribution is -2.08. The van der Waals surface area contributed by atoms with Crippen LogP contribution in [0, 0.1) is 0 Å². The number of benzene rings is 1. The van der Waals surface area contributed by atoms with E-state index in [-0.39, 0.29) is 11.5 Å². The number of rotatable bonds is 4. The van der Waals surface area contributed by atoms with Crippen molar-refractivity contribution in [2.45, 2.75) is 0 Å². The van der Waals surface area contributed by atoms with Crippen molar-refractivity contribution in [3.05, 3.63) is 49.9 Å². The van der Waals surface area contributed by atoms with E-state index in [1.54, 1.807) is 0 Å². The van der Waals surface area contributed by atoms with Crippen LogP contribution in [0.25, 0.3) is 0 Å². The van der Waals surface area contributed by atoms with Crippen LogP contribution in [0.3, 0.4) is 0 Å². The monoisotopic (exact) mass is 250 g/mol. The van der Waals surface area contributed by atoms with Crippen molar-refractivity contribution in [3.8, 4) is 11.5 Å². The van der Waals surface area contributed by atoms with E-state index in [1.807, 2.05) is 0 Å². The molecule has 6 heteroatoms. The van der Waals surface area contributed by atoms with Crippen LogP contribution in [0.5, 0.6) is 11.5 Å². The predicted molar refractivity (Wildman–Crippen MR) is 61.1 cm³/mol. The Morgan fingerprint density at radius 1 is 0.944 bits per heavy atom. The van der Waals surface area contributed by atoms with Crippen LogP contribution < -0.4 is 9.47 Å². The van der Waals surface area contributed by atoms with Crippen LogP contribution in [-0.2, 0) is 9.47 Å². The van der Waals surface area contributed by atoms with E-state index in [1.165, 1.54) is 24.3 Å². The van der Waals surface area contributed by atoms with Gasteiger partial charge in [-0.25, -0.2) is 9.59 Å². The Kier molecular flexibility index (Phi) is 4.98. The molecule has 0 radical (unpaired) electrons. The smallest absolute Gasteiger partial charge is 0.403 e. The van der Waals surface area contributed by atoms with Gasteiger partial charge in [-0.05, 0) is 12.1 Å². The van der Waals surface area contributed by atoms with Crippen molar-refractivity contribution < 1.29 is 28.5 Å². The van der Waals surface area contributed by atoms with Crippen LogP contribution in [0.4, 0.5) is 9.59 Å². The Balaban J connectivity index is 2.67. The standard InChI is InChI=1S/C12H10O6/c1-3-15-11(13)17-9-6-5-7-10(8-9)18-12(14)16-4-2/h3-8H,1-2H2. The summed E-state index contributed by atoms with van der Waals surface area (Å²) in [4.78, 5) is 22.0. The van der Waals surface area contributed by atoms with Gasteiger partial charge in [0, 0.05) is 6.07 Å². The highest BCUT2D eigenvalue weighted by Gasteiger charge is 2.08. The summed E-state index contributed by atoms with van der Waals surface area (Å²) in [5.41, 5.74) is 0. The summed E-state index contributed by atoms with van der Waals surface area (Å²) in [6, 6.07) is 5.80. The summed E-state index contributed by atoms with van der Waals surface area (Å²) in [6.07, 6.45) is -0.0273. The fourth-order valence-corrected chi connectivity index (χ4v) is 0.978. The molecule has 6 nitrogen and oxygen atoms in total. The average molecular weight is 250 g/mol. The topological polar surface area (TPSA) is 71.1 Å². The molecule has 0 heterocycles. The van der Waals surface area contributed by atoms with Crippen molar-refractivity contribution in [2.75, 3.05) is 0 Å². The zero-order valence-corrected chi connectivity index (χ0v) is 9.33. The van der Waals surface area contributed by atoms with E-state index in [9.17, 15) is 9.59 Å². The van der Waals surface area contributed by atoms with Crippen molar-refractivity contribution in [1.82, 2.24) is 0 Å². The SMILES string of the molecule is C=COC(=O)Oc1cccc(OC(=O)OC=C)c1. The first kappa shape index (κ1) is 13.3. The van der Waals surface area contributed by atoms with Crippen LogP contribution >= 0.6 is 0 Å². The third-order valence-corrected chi connectivity index (χ3v) is 1.57. The van der Waals surface area contributed by atoms with E-state index in [2.05, 4.69) is 22.6 Å². The summed E-state index contributed by atoms with van der Waals surface area (Å²) in [5.74, 6) is 0.288. The molecule has 0 unspecified atom stereocenters. The minimum absolute atomic E-state index is 0.144. The molecule has 0 aliphatic carbocycles. The molecule has 94 valence electrons. The van der Waals surface area contributed by atoms with Crippen molar-refractivity contribution >= 4 is 12.3 Å². The molecular formula is C12H10O6. The fourth-order valence-electron chi connectivity index (χ4n) is 0.978. The molecule has 0 amide bonds. The van der Waals surface area contributed by atoms with E-state index in [0.29, 0.717) is 0 Å². The average Bonchev–Trinajstić information content (AvgIpc) is 2.29. The van der Waals surface area contributed by atoms with Gasteiger partial charge in [0.2, 0.25) is 0 Å². The van der Waals surface area contributed by atoms with Crippen LogP contribution in [0.2, 0.25) is 0 Å². The molecular weight excluding hydrogens is 240 g/mol. The summed E-state index contributed by atoms with van der Waals surface area (Å²) >= 11 is 0. The maximum absolute atomic E-state index is 11.0. The molecule has 0 N–H and O–H groups in total. The fraction of sp³-hybridized carbons (Fsp3) is 0. The molecule has 0 atom stereocenters. The number of carbonyl (C=O) groups is 2. The van der Waals surface area contributed by atoms with E-state index in [0.717, 1.165) is 12.5 Å². The normalized spacial score (nSPS) is 8.89. The first-order valence-corrected chi connectivity index (χ1v) is 4.74. The van der Waals surface area contributed by atoms with Crippen LogP contribution in [0.15, 0.2) is 49.9 Å². The number of hydrogen-bond acceptors (Lipinski definition) is 6. The first-order valence-electron chi connectivity index (χ1n) is 4.74. The Morgan fingerprint density at radius 2 is 1.39 bits per heavy atom. The number of ether oxygens (including phenoxy) is 4. The highest BCUT2D eigenvalue weighted by molar-refractivity contribution is 5.66. The lowest BCUT2D eigenvalue weighted by atomic mass is 10.3. The minimum Gasteiger partial charge on any atom is -0.403 e. The summed E-state index contributed by atoms with van der Waals surface area (Å²) in [7, 11) is 0. The minimum atomic E-state index is -0.948.